The van der Waals surface area contributed by atoms with E-state index in [1.807, 2.05) is 0 Å². The molecule has 0 unspecified atom stereocenters. The highest BCUT2D eigenvalue weighted by atomic mass is 32.2. The van der Waals surface area contributed by atoms with E-state index in [1.165, 1.54) is 33.5 Å². The summed E-state index contributed by atoms with van der Waals surface area (Å²) in [5.74, 6) is -1.96. The average Bonchev–Trinajstić information content (AvgIpc) is 2.82. The molecule has 1 saturated heterocycles. The first kappa shape index (κ1) is 25.1. The predicted molar refractivity (Wildman–Crippen MR) is 119 cm³/mol. The lowest BCUT2D eigenvalue weighted by Crippen LogP contribution is -2.51. The number of carbonyl (C=O) groups excluding carboxylic acids is 2. The number of anilines is 1. The van der Waals surface area contributed by atoms with Crippen molar-refractivity contribution in [1.29, 1.82) is 0 Å². The quantitative estimate of drug-likeness (QED) is 0.322. The fraction of sp³-hybridized carbons (Fsp3) is 0.333. The first-order valence-electron chi connectivity index (χ1n) is 10.2. The van der Waals surface area contributed by atoms with Crippen LogP contribution in [0.2, 0.25) is 0 Å². The zero-order valence-electron chi connectivity index (χ0n) is 18.5. The molecule has 1 aliphatic rings. The molecule has 1 amide bonds. The topological polar surface area (TPSA) is 130 Å². The van der Waals surface area contributed by atoms with Gasteiger partial charge in [-0.15, -0.1) is 0 Å². The van der Waals surface area contributed by atoms with Gasteiger partial charge >= 0.3 is 5.97 Å². The summed E-state index contributed by atoms with van der Waals surface area (Å²) in [6.07, 6.45) is 0. The van der Waals surface area contributed by atoms with Gasteiger partial charge in [0, 0.05) is 52.4 Å². The van der Waals surface area contributed by atoms with Gasteiger partial charge in [-0.05, 0) is 30.3 Å². The first-order valence-corrected chi connectivity index (χ1v) is 11.6. The predicted octanol–water partition coefficient (Wildman–Crippen LogP) is 1.49. The highest BCUT2D eigenvalue weighted by molar-refractivity contribution is 7.89. The van der Waals surface area contributed by atoms with Crippen molar-refractivity contribution >= 4 is 33.3 Å². The van der Waals surface area contributed by atoms with Gasteiger partial charge in [0.25, 0.3) is 11.6 Å². The second-order valence-electron chi connectivity index (χ2n) is 7.67. The smallest absolute Gasteiger partial charge is 0.341 e. The van der Waals surface area contributed by atoms with Gasteiger partial charge in [0.15, 0.2) is 6.61 Å². The standard InChI is InChI=1S/C21H23FN4O7S/c1-23(2)19-8-5-16(26(29)30)13-18(19)21(28)33-14-20(27)24-9-11-25(12-10-24)34(31,32)17-6-3-15(22)4-7-17/h3-8,13H,9-12,14H2,1-2H3. The summed E-state index contributed by atoms with van der Waals surface area (Å²) in [5.41, 5.74) is 0.0484. The zero-order chi connectivity index (χ0) is 25.0. The van der Waals surface area contributed by atoms with Crippen molar-refractivity contribution in [3.05, 3.63) is 64.0 Å². The number of ether oxygens (including phenoxy) is 1. The average molecular weight is 495 g/mol. The minimum Gasteiger partial charge on any atom is -0.452 e. The van der Waals surface area contributed by atoms with Crippen molar-refractivity contribution in [2.24, 2.45) is 0 Å². The molecule has 1 aliphatic heterocycles. The number of amides is 1. The first-order chi connectivity index (χ1) is 16.0. The number of hydrogen-bond donors (Lipinski definition) is 0. The van der Waals surface area contributed by atoms with Crippen LogP contribution < -0.4 is 4.90 Å². The second kappa shape index (κ2) is 10.1. The molecule has 3 rings (SSSR count). The third-order valence-electron chi connectivity index (χ3n) is 5.26. The number of carbonyl (C=O) groups is 2. The Labute approximate surface area is 195 Å². The van der Waals surface area contributed by atoms with E-state index < -0.39 is 39.2 Å². The number of nitro groups is 1. The Morgan fingerprint density at radius 3 is 2.26 bits per heavy atom. The van der Waals surface area contributed by atoms with E-state index in [1.54, 1.807) is 19.0 Å². The van der Waals surface area contributed by atoms with Gasteiger partial charge in [0.05, 0.1) is 21.1 Å². The molecular formula is C21H23FN4O7S. The molecule has 13 heteroatoms. The van der Waals surface area contributed by atoms with Crippen LogP contribution in [0.1, 0.15) is 10.4 Å². The normalized spacial score (nSPS) is 14.5. The maximum Gasteiger partial charge on any atom is 0.341 e. The van der Waals surface area contributed by atoms with E-state index >= 15 is 0 Å². The van der Waals surface area contributed by atoms with E-state index in [-0.39, 0.29) is 42.3 Å². The SMILES string of the molecule is CN(C)c1ccc([N+](=O)[O-])cc1C(=O)OCC(=O)N1CCN(S(=O)(=O)c2ccc(F)cc2)CC1. The number of nitro benzene ring substituents is 1. The second-order valence-corrected chi connectivity index (χ2v) is 9.61. The van der Waals surface area contributed by atoms with E-state index in [0.717, 1.165) is 18.2 Å². The molecule has 0 aliphatic carbocycles. The number of sulfonamides is 1. The van der Waals surface area contributed by atoms with Gasteiger partial charge in [-0.25, -0.2) is 17.6 Å². The highest BCUT2D eigenvalue weighted by Crippen LogP contribution is 2.25. The molecule has 34 heavy (non-hydrogen) atoms. The van der Waals surface area contributed by atoms with Crippen LogP contribution in [0.25, 0.3) is 0 Å². The lowest BCUT2D eigenvalue weighted by atomic mass is 10.1. The molecule has 2 aromatic carbocycles. The molecule has 0 aromatic heterocycles. The Kier molecular flexibility index (Phi) is 7.47. The molecule has 0 saturated carbocycles. The van der Waals surface area contributed by atoms with Gasteiger partial charge in [-0.1, -0.05) is 0 Å². The van der Waals surface area contributed by atoms with Crippen molar-refractivity contribution < 1.29 is 32.1 Å². The largest absolute Gasteiger partial charge is 0.452 e. The summed E-state index contributed by atoms with van der Waals surface area (Å²) in [7, 11) is -0.519. The number of halogens is 1. The van der Waals surface area contributed by atoms with Crippen molar-refractivity contribution in [2.75, 3.05) is 51.8 Å². The van der Waals surface area contributed by atoms with Crippen molar-refractivity contribution in [3.63, 3.8) is 0 Å². The summed E-state index contributed by atoms with van der Waals surface area (Å²) >= 11 is 0. The molecule has 0 bridgehead atoms. The van der Waals surface area contributed by atoms with E-state index in [0.29, 0.717) is 5.69 Å². The summed E-state index contributed by atoms with van der Waals surface area (Å²) in [6.45, 7) is -0.393. The molecule has 182 valence electrons. The molecule has 0 radical (unpaired) electrons. The number of benzene rings is 2. The van der Waals surface area contributed by atoms with E-state index in [9.17, 15) is 32.5 Å². The van der Waals surface area contributed by atoms with Crippen molar-refractivity contribution in [1.82, 2.24) is 9.21 Å². The van der Waals surface area contributed by atoms with Gasteiger partial charge in [0.1, 0.15) is 5.82 Å². The van der Waals surface area contributed by atoms with Crippen molar-refractivity contribution in [3.8, 4) is 0 Å². The van der Waals surface area contributed by atoms with Crippen LogP contribution in [0.4, 0.5) is 15.8 Å². The Morgan fingerprint density at radius 2 is 1.71 bits per heavy atom. The minimum atomic E-state index is -3.83. The van der Waals surface area contributed by atoms with Crippen LogP contribution in [0, 0.1) is 15.9 Å². The Bertz CT molecular complexity index is 1190. The van der Waals surface area contributed by atoms with Crippen LogP contribution in [0.15, 0.2) is 47.4 Å². The molecule has 0 N–H and O–H groups in total. The maximum atomic E-state index is 13.1. The Hall–Kier alpha value is -3.58. The lowest BCUT2D eigenvalue weighted by molar-refractivity contribution is -0.384. The molecule has 1 fully saturated rings. The van der Waals surface area contributed by atoms with E-state index in [4.69, 9.17) is 4.74 Å². The zero-order valence-corrected chi connectivity index (χ0v) is 19.3. The number of rotatable bonds is 7. The molecular weight excluding hydrogens is 471 g/mol. The number of nitrogens with zero attached hydrogens (tertiary/aromatic N) is 4. The summed E-state index contributed by atoms with van der Waals surface area (Å²) in [5, 5.41) is 11.0. The van der Waals surface area contributed by atoms with Gasteiger partial charge < -0.3 is 14.5 Å². The number of non-ortho nitro benzene ring substituents is 1. The third kappa shape index (κ3) is 5.48. The molecule has 11 nitrogen and oxygen atoms in total. The maximum absolute atomic E-state index is 13.1. The van der Waals surface area contributed by atoms with Gasteiger partial charge in [-0.2, -0.15) is 4.31 Å². The van der Waals surface area contributed by atoms with E-state index in [2.05, 4.69) is 0 Å². The number of hydrogen-bond acceptors (Lipinski definition) is 8. The lowest BCUT2D eigenvalue weighted by Gasteiger charge is -2.33. The molecule has 0 atom stereocenters. The number of esters is 1. The fourth-order valence-electron chi connectivity index (χ4n) is 3.42. The summed E-state index contributed by atoms with van der Waals surface area (Å²) in [4.78, 5) is 38.4. The summed E-state index contributed by atoms with van der Waals surface area (Å²) < 4.78 is 44.8. The van der Waals surface area contributed by atoms with Crippen LogP contribution in [-0.2, 0) is 19.6 Å². The van der Waals surface area contributed by atoms with Crippen LogP contribution in [-0.4, -0.2) is 81.3 Å². The molecule has 1 heterocycles. The minimum absolute atomic E-state index is 0.0229. The monoisotopic (exact) mass is 494 g/mol. The molecule has 0 spiro atoms. The van der Waals surface area contributed by atoms with Gasteiger partial charge in [0.2, 0.25) is 10.0 Å². The van der Waals surface area contributed by atoms with Crippen LogP contribution in [0.5, 0.6) is 0 Å². The fourth-order valence-corrected chi connectivity index (χ4v) is 4.84. The van der Waals surface area contributed by atoms with Crippen molar-refractivity contribution in [2.45, 2.75) is 4.90 Å². The summed E-state index contributed by atoms with van der Waals surface area (Å²) in [6, 6.07) is 8.23. The van der Waals surface area contributed by atoms with Gasteiger partial charge in [-0.3, -0.25) is 14.9 Å². The Balaban J connectivity index is 1.60. The van der Waals surface area contributed by atoms with Crippen LogP contribution >= 0.6 is 0 Å². The Morgan fingerprint density at radius 1 is 1.09 bits per heavy atom. The molecule has 2 aromatic rings. The van der Waals surface area contributed by atoms with Crippen LogP contribution in [0.3, 0.4) is 0 Å². The number of piperazine rings is 1. The third-order valence-corrected chi connectivity index (χ3v) is 7.18. The highest BCUT2D eigenvalue weighted by Gasteiger charge is 2.30.